The highest BCUT2D eigenvalue weighted by molar-refractivity contribution is 5.93. The van der Waals surface area contributed by atoms with Crippen molar-refractivity contribution in [3.63, 3.8) is 0 Å². The van der Waals surface area contributed by atoms with Crippen LogP contribution in [0, 0.1) is 5.82 Å². The fraction of sp³-hybridized carbons (Fsp3) is 0.435. The van der Waals surface area contributed by atoms with Gasteiger partial charge in [-0.05, 0) is 62.4 Å². The zero-order chi connectivity index (χ0) is 21.1. The largest absolute Gasteiger partial charge is 0.330 e. The number of halogens is 1. The molecule has 1 aliphatic heterocycles. The molecule has 1 aromatic carbocycles. The zero-order valence-electron chi connectivity index (χ0n) is 17.6. The summed E-state index contributed by atoms with van der Waals surface area (Å²) >= 11 is 0. The van der Waals surface area contributed by atoms with Crippen molar-refractivity contribution in [2.24, 2.45) is 0 Å². The SMILES string of the molecule is CC1(c2cc(-c3ccc(F)cc3)nn3cc(C(=O)N4CCNCC4(C)C)nc23)CC1. The molecule has 7 heteroatoms. The minimum atomic E-state index is -0.275. The quantitative estimate of drug-likeness (QED) is 0.723. The lowest BCUT2D eigenvalue weighted by molar-refractivity contribution is 0.0472. The lowest BCUT2D eigenvalue weighted by Crippen LogP contribution is -2.59. The van der Waals surface area contributed by atoms with Crippen molar-refractivity contribution in [3.8, 4) is 11.3 Å². The third-order valence-corrected chi connectivity index (χ3v) is 6.48. The van der Waals surface area contributed by atoms with Crippen LogP contribution in [0.5, 0.6) is 0 Å². The van der Waals surface area contributed by atoms with Crippen LogP contribution < -0.4 is 5.32 Å². The summed E-state index contributed by atoms with van der Waals surface area (Å²) in [4.78, 5) is 19.9. The highest BCUT2D eigenvalue weighted by atomic mass is 19.1. The Kier molecular flexibility index (Phi) is 4.22. The second-order valence-corrected chi connectivity index (χ2v) is 9.35. The molecule has 30 heavy (non-hydrogen) atoms. The van der Waals surface area contributed by atoms with Crippen LogP contribution in [0.15, 0.2) is 36.5 Å². The van der Waals surface area contributed by atoms with Crippen molar-refractivity contribution < 1.29 is 9.18 Å². The maximum Gasteiger partial charge on any atom is 0.274 e. The van der Waals surface area contributed by atoms with E-state index in [0.29, 0.717) is 12.2 Å². The Balaban J connectivity index is 1.61. The molecule has 1 saturated heterocycles. The fourth-order valence-electron chi connectivity index (χ4n) is 4.24. The van der Waals surface area contributed by atoms with Gasteiger partial charge in [0.15, 0.2) is 5.65 Å². The van der Waals surface area contributed by atoms with E-state index in [4.69, 9.17) is 10.1 Å². The Bertz CT molecular complexity index is 1130. The molecule has 0 unspecified atom stereocenters. The second-order valence-electron chi connectivity index (χ2n) is 9.35. The monoisotopic (exact) mass is 407 g/mol. The summed E-state index contributed by atoms with van der Waals surface area (Å²) in [7, 11) is 0. The van der Waals surface area contributed by atoms with Crippen LogP contribution in [0.4, 0.5) is 4.39 Å². The zero-order valence-corrected chi connectivity index (χ0v) is 17.6. The van der Waals surface area contributed by atoms with Crippen LogP contribution in [0.1, 0.15) is 49.7 Å². The molecule has 6 nitrogen and oxygen atoms in total. The molecule has 5 rings (SSSR count). The van der Waals surface area contributed by atoms with Crippen molar-refractivity contribution in [1.29, 1.82) is 0 Å². The van der Waals surface area contributed by atoms with Gasteiger partial charge in [0, 0.05) is 30.8 Å². The van der Waals surface area contributed by atoms with Gasteiger partial charge in [0.05, 0.1) is 17.4 Å². The number of carbonyl (C=O) groups excluding carboxylic acids is 1. The van der Waals surface area contributed by atoms with E-state index in [9.17, 15) is 9.18 Å². The third-order valence-electron chi connectivity index (χ3n) is 6.48. The Morgan fingerprint density at radius 2 is 1.90 bits per heavy atom. The van der Waals surface area contributed by atoms with Crippen molar-refractivity contribution in [3.05, 3.63) is 53.6 Å². The number of rotatable bonds is 3. The first kappa shape index (κ1) is 19.2. The highest BCUT2D eigenvalue weighted by Gasteiger charge is 2.42. The summed E-state index contributed by atoms with van der Waals surface area (Å²) < 4.78 is 15.1. The molecule has 156 valence electrons. The molecule has 1 N–H and O–H groups in total. The Morgan fingerprint density at radius 1 is 1.17 bits per heavy atom. The molecule has 2 aliphatic rings. The van der Waals surface area contributed by atoms with Crippen molar-refractivity contribution >= 4 is 11.6 Å². The number of aromatic nitrogens is 3. The van der Waals surface area contributed by atoms with E-state index >= 15 is 0 Å². The van der Waals surface area contributed by atoms with Gasteiger partial charge < -0.3 is 10.2 Å². The fourth-order valence-corrected chi connectivity index (χ4v) is 4.24. The smallest absolute Gasteiger partial charge is 0.274 e. The summed E-state index contributed by atoms with van der Waals surface area (Å²) in [5.41, 5.74) is 3.60. The van der Waals surface area contributed by atoms with Gasteiger partial charge in [-0.3, -0.25) is 4.79 Å². The molecule has 3 aromatic rings. The molecule has 0 radical (unpaired) electrons. The van der Waals surface area contributed by atoms with E-state index < -0.39 is 0 Å². The van der Waals surface area contributed by atoms with Gasteiger partial charge in [0.2, 0.25) is 0 Å². The van der Waals surface area contributed by atoms with Gasteiger partial charge in [0.1, 0.15) is 11.5 Å². The standard InChI is InChI=1S/C23H26FN5O/c1-22(2)14-25-10-11-28(22)21(30)19-13-29-20(26-19)17(23(3)8-9-23)12-18(27-29)15-4-6-16(24)7-5-15/h4-7,12-13,25H,8-11,14H2,1-3H3. The first-order valence-corrected chi connectivity index (χ1v) is 10.5. The number of nitrogens with one attached hydrogen (secondary N) is 1. The number of nitrogens with zero attached hydrogens (tertiary/aromatic N) is 4. The molecular formula is C23H26FN5O. The normalized spacial score (nSPS) is 19.8. The number of piperazine rings is 1. The first-order valence-electron chi connectivity index (χ1n) is 10.5. The molecule has 1 saturated carbocycles. The van der Waals surface area contributed by atoms with Gasteiger partial charge in [-0.1, -0.05) is 6.92 Å². The van der Waals surface area contributed by atoms with E-state index in [1.807, 2.05) is 11.0 Å². The maximum absolute atomic E-state index is 13.4. The van der Waals surface area contributed by atoms with Crippen LogP contribution >= 0.6 is 0 Å². The summed E-state index contributed by atoms with van der Waals surface area (Å²) in [5, 5.41) is 8.06. The van der Waals surface area contributed by atoms with Crippen molar-refractivity contribution in [2.45, 2.75) is 44.6 Å². The van der Waals surface area contributed by atoms with E-state index in [-0.39, 0.29) is 22.7 Å². The molecule has 0 spiro atoms. The van der Waals surface area contributed by atoms with Gasteiger partial charge in [-0.2, -0.15) is 5.10 Å². The third kappa shape index (κ3) is 3.17. The number of hydrogen-bond donors (Lipinski definition) is 1. The summed E-state index contributed by atoms with van der Waals surface area (Å²) in [6.07, 6.45) is 3.89. The second kappa shape index (κ2) is 6.60. The van der Waals surface area contributed by atoms with Gasteiger partial charge in [-0.25, -0.2) is 13.9 Å². The summed E-state index contributed by atoms with van der Waals surface area (Å²) in [5.74, 6) is -0.342. The van der Waals surface area contributed by atoms with Crippen LogP contribution in [0.2, 0.25) is 0 Å². The number of imidazole rings is 1. The first-order chi connectivity index (χ1) is 14.3. The number of amides is 1. The van der Waals surface area contributed by atoms with Crippen LogP contribution in [0.3, 0.4) is 0 Å². The molecule has 2 fully saturated rings. The number of hydrogen-bond acceptors (Lipinski definition) is 4. The predicted octanol–water partition coefficient (Wildman–Crippen LogP) is 3.41. The van der Waals surface area contributed by atoms with E-state index in [1.165, 1.54) is 12.1 Å². The van der Waals surface area contributed by atoms with E-state index in [0.717, 1.165) is 48.4 Å². The van der Waals surface area contributed by atoms with Gasteiger partial charge in [-0.15, -0.1) is 0 Å². The predicted molar refractivity (Wildman–Crippen MR) is 113 cm³/mol. The molecule has 0 atom stereocenters. The summed E-state index contributed by atoms with van der Waals surface area (Å²) in [6.45, 7) is 8.52. The molecule has 1 aliphatic carbocycles. The maximum atomic E-state index is 13.4. The minimum Gasteiger partial charge on any atom is -0.330 e. The Hall–Kier alpha value is -2.80. The Labute approximate surface area is 175 Å². The highest BCUT2D eigenvalue weighted by Crippen LogP contribution is 2.49. The molecule has 2 aromatic heterocycles. The van der Waals surface area contributed by atoms with Crippen molar-refractivity contribution in [1.82, 2.24) is 24.8 Å². The average molecular weight is 407 g/mol. The average Bonchev–Trinajstić information content (AvgIpc) is 3.31. The lowest BCUT2D eigenvalue weighted by atomic mass is 9.98. The topological polar surface area (TPSA) is 62.5 Å². The minimum absolute atomic E-state index is 0.0406. The molecule has 3 heterocycles. The van der Waals surface area contributed by atoms with Crippen LogP contribution in [0.25, 0.3) is 16.9 Å². The number of benzene rings is 1. The summed E-state index contributed by atoms with van der Waals surface area (Å²) in [6, 6.07) is 8.39. The van der Waals surface area contributed by atoms with Gasteiger partial charge >= 0.3 is 0 Å². The van der Waals surface area contributed by atoms with E-state index in [2.05, 4.69) is 26.1 Å². The molecular weight excluding hydrogens is 381 g/mol. The Morgan fingerprint density at radius 3 is 2.57 bits per heavy atom. The van der Waals surface area contributed by atoms with Gasteiger partial charge in [0.25, 0.3) is 5.91 Å². The number of carbonyl (C=O) groups is 1. The molecule has 1 amide bonds. The van der Waals surface area contributed by atoms with E-state index in [1.54, 1.807) is 22.8 Å². The molecule has 0 bridgehead atoms. The van der Waals surface area contributed by atoms with Crippen LogP contribution in [-0.4, -0.2) is 50.6 Å². The lowest BCUT2D eigenvalue weighted by Gasteiger charge is -2.42. The van der Waals surface area contributed by atoms with Crippen molar-refractivity contribution in [2.75, 3.05) is 19.6 Å². The number of fused-ring (bicyclic) bond motifs is 1. The van der Waals surface area contributed by atoms with Crippen LogP contribution in [-0.2, 0) is 5.41 Å².